The van der Waals surface area contributed by atoms with Crippen molar-refractivity contribution in [2.75, 3.05) is 6.54 Å². The van der Waals surface area contributed by atoms with Crippen LogP contribution in [-0.2, 0) is 14.3 Å². The lowest BCUT2D eigenvalue weighted by atomic mass is 9.93. The Hall–Kier alpha value is -1.14. The molecule has 0 amide bonds. The van der Waals surface area contributed by atoms with Gasteiger partial charge in [0.2, 0.25) is 5.54 Å². The van der Waals surface area contributed by atoms with Gasteiger partial charge in [0.05, 0.1) is 0 Å². The van der Waals surface area contributed by atoms with Crippen LogP contribution in [0.3, 0.4) is 0 Å². The number of unbranched alkanes of at least 4 members (excludes halogenated alkanes) is 3. The number of ether oxygens (including phenoxy) is 1. The topological polar surface area (TPSA) is 116 Å². The number of nitrogens with two attached hydrogens (primary N) is 2. The highest BCUT2D eigenvalue weighted by Gasteiger charge is 2.44. The molecule has 0 fully saturated rings. The Morgan fingerprint density at radius 3 is 2.05 bits per heavy atom. The molecule has 6 heteroatoms. The van der Waals surface area contributed by atoms with Gasteiger partial charge in [-0.05, 0) is 40.2 Å². The Bertz CT molecular complexity index is 312. The monoisotopic (exact) mass is 274 g/mol. The van der Waals surface area contributed by atoms with Crippen molar-refractivity contribution in [2.24, 2.45) is 11.5 Å². The van der Waals surface area contributed by atoms with E-state index in [4.69, 9.17) is 21.3 Å². The summed E-state index contributed by atoms with van der Waals surface area (Å²) in [7, 11) is 0. The van der Waals surface area contributed by atoms with E-state index in [1.54, 1.807) is 20.8 Å². The molecule has 5 N–H and O–H groups in total. The fourth-order valence-electron chi connectivity index (χ4n) is 1.57. The average molecular weight is 274 g/mol. The average Bonchev–Trinajstić information content (AvgIpc) is 2.25. The molecule has 0 aliphatic rings. The summed E-state index contributed by atoms with van der Waals surface area (Å²) in [5, 5.41) is 9.16. The Morgan fingerprint density at radius 2 is 1.63 bits per heavy atom. The van der Waals surface area contributed by atoms with Crippen LogP contribution in [0, 0.1) is 0 Å². The number of aliphatic carboxylic acids is 1. The first-order chi connectivity index (χ1) is 8.63. The lowest BCUT2D eigenvalue weighted by Crippen LogP contribution is -2.57. The molecule has 0 aliphatic heterocycles. The third-order valence-corrected chi connectivity index (χ3v) is 2.67. The molecule has 1 atom stereocenters. The minimum absolute atomic E-state index is 0.0712. The van der Waals surface area contributed by atoms with Crippen molar-refractivity contribution in [3.8, 4) is 0 Å². The van der Waals surface area contributed by atoms with Gasteiger partial charge < -0.3 is 21.3 Å². The number of esters is 1. The molecule has 19 heavy (non-hydrogen) atoms. The Morgan fingerprint density at radius 1 is 1.11 bits per heavy atom. The molecule has 0 bridgehead atoms. The van der Waals surface area contributed by atoms with Gasteiger partial charge in [-0.3, -0.25) is 0 Å². The predicted octanol–water partition coefficient (Wildman–Crippen LogP) is 1.02. The van der Waals surface area contributed by atoms with E-state index in [9.17, 15) is 9.59 Å². The van der Waals surface area contributed by atoms with Crippen LogP contribution in [0.1, 0.15) is 52.9 Å². The lowest BCUT2D eigenvalue weighted by molar-refractivity contribution is -0.169. The van der Waals surface area contributed by atoms with Gasteiger partial charge in [0.1, 0.15) is 5.60 Å². The minimum atomic E-state index is -1.96. The van der Waals surface area contributed by atoms with Gasteiger partial charge in [-0.15, -0.1) is 0 Å². The minimum Gasteiger partial charge on any atom is -0.479 e. The highest BCUT2D eigenvalue weighted by atomic mass is 16.6. The van der Waals surface area contributed by atoms with Crippen LogP contribution in [0.5, 0.6) is 0 Å². The molecule has 1 unspecified atom stereocenters. The summed E-state index contributed by atoms with van der Waals surface area (Å²) in [4.78, 5) is 23.1. The second-order valence-electron chi connectivity index (χ2n) is 5.73. The molecule has 0 radical (unpaired) electrons. The standard InChI is InChI=1S/C13H26N2O4/c1-12(2,3)19-11(18)13(15,10(16)17)8-6-4-5-7-9-14/h4-9,14-15H2,1-3H3,(H,16,17). The third-order valence-electron chi connectivity index (χ3n) is 2.67. The molecular formula is C13H26N2O4. The zero-order chi connectivity index (χ0) is 15.1. The van der Waals surface area contributed by atoms with Crippen molar-refractivity contribution in [1.29, 1.82) is 0 Å². The van der Waals surface area contributed by atoms with E-state index in [1.807, 2.05) is 0 Å². The fourth-order valence-corrected chi connectivity index (χ4v) is 1.57. The van der Waals surface area contributed by atoms with Crippen molar-refractivity contribution in [1.82, 2.24) is 0 Å². The molecule has 0 aromatic carbocycles. The zero-order valence-electron chi connectivity index (χ0n) is 12.1. The number of hydrogen-bond donors (Lipinski definition) is 3. The van der Waals surface area contributed by atoms with E-state index in [0.29, 0.717) is 13.0 Å². The molecule has 112 valence electrons. The maximum absolute atomic E-state index is 11.9. The molecule has 6 nitrogen and oxygen atoms in total. The number of carboxylic acid groups (broad SMARTS) is 1. The highest BCUT2D eigenvalue weighted by Crippen LogP contribution is 2.19. The maximum atomic E-state index is 11.9. The van der Waals surface area contributed by atoms with Crippen LogP contribution in [0.15, 0.2) is 0 Å². The molecule has 0 aromatic rings. The smallest absolute Gasteiger partial charge is 0.338 e. The Balaban J connectivity index is 4.50. The SMILES string of the molecule is CC(C)(C)OC(=O)C(N)(CCCCCCN)C(=O)O. The molecule has 0 saturated heterocycles. The molecule has 0 rings (SSSR count). The largest absolute Gasteiger partial charge is 0.479 e. The van der Waals surface area contributed by atoms with E-state index in [-0.39, 0.29) is 6.42 Å². The number of hydrogen-bond acceptors (Lipinski definition) is 5. The first-order valence-corrected chi connectivity index (χ1v) is 6.59. The summed E-state index contributed by atoms with van der Waals surface area (Å²) in [6, 6.07) is 0. The molecule has 0 spiro atoms. The van der Waals surface area contributed by atoms with Gasteiger partial charge in [-0.1, -0.05) is 19.3 Å². The predicted molar refractivity (Wildman–Crippen MR) is 72.5 cm³/mol. The van der Waals surface area contributed by atoms with Crippen molar-refractivity contribution in [3.63, 3.8) is 0 Å². The summed E-state index contributed by atoms with van der Waals surface area (Å²) in [5.74, 6) is -2.23. The van der Waals surface area contributed by atoms with Crippen molar-refractivity contribution >= 4 is 11.9 Å². The molecule has 0 heterocycles. The van der Waals surface area contributed by atoms with Crippen LogP contribution in [-0.4, -0.2) is 34.7 Å². The van der Waals surface area contributed by atoms with Crippen LogP contribution in [0.4, 0.5) is 0 Å². The van der Waals surface area contributed by atoms with Gasteiger partial charge in [0, 0.05) is 0 Å². The summed E-state index contributed by atoms with van der Waals surface area (Å²) in [6.07, 6.45) is 3.22. The van der Waals surface area contributed by atoms with Crippen molar-refractivity contribution in [3.05, 3.63) is 0 Å². The second-order valence-corrected chi connectivity index (χ2v) is 5.73. The third kappa shape index (κ3) is 6.54. The number of carboxylic acids is 1. The van der Waals surface area contributed by atoms with Crippen LogP contribution in [0.2, 0.25) is 0 Å². The van der Waals surface area contributed by atoms with Crippen molar-refractivity contribution in [2.45, 2.75) is 64.0 Å². The van der Waals surface area contributed by atoms with Crippen LogP contribution >= 0.6 is 0 Å². The number of rotatable bonds is 8. The first kappa shape index (κ1) is 17.9. The summed E-state index contributed by atoms with van der Waals surface area (Å²) < 4.78 is 5.08. The quantitative estimate of drug-likeness (QED) is 0.346. The van der Waals surface area contributed by atoms with Gasteiger partial charge in [0.15, 0.2) is 0 Å². The van der Waals surface area contributed by atoms with E-state index in [1.165, 1.54) is 0 Å². The molecule has 0 aliphatic carbocycles. The van der Waals surface area contributed by atoms with E-state index >= 15 is 0 Å². The first-order valence-electron chi connectivity index (χ1n) is 6.59. The zero-order valence-corrected chi connectivity index (χ0v) is 12.1. The van der Waals surface area contributed by atoms with E-state index < -0.39 is 23.1 Å². The van der Waals surface area contributed by atoms with E-state index in [2.05, 4.69) is 0 Å². The maximum Gasteiger partial charge on any atom is 0.338 e. The fraction of sp³-hybridized carbons (Fsp3) is 0.846. The molecule has 0 aromatic heterocycles. The molecular weight excluding hydrogens is 248 g/mol. The van der Waals surface area contributed by atoms with E-state index in [0.717, 1.165) is 19.3 Å². The van der Waals surface area contributed by atoms with Gasteiger partial charge in [0.25, 0.3) is 0 Å². The Kier molecular flexibility index (Phi) is 7.00. The lowest BCUT2D eigenvalue weighted by Gasteiger charge is -2.28. The van der Waals surface area contributed by atoms with Gasteiger partial charge in [-0.25, -0.2) is 9.59 Å². The second kappa shape index (κ2) is 7.45. The van der Waals surface area contributed by atoms with Crippen LogP contribution < -0.4 is 11.5 Å². The van der Waals surface area contributed by atoms with Crippen LogP contribution in [0.25, 0.3) is 0 Å². The normalized spacial score (nSPS) is 14.8. The number of carbonyl (C=O) groups excluding carboxylic acids is 1. The highest BCUT2D eigenvalue weighted by molar-refractivity contribution is 6.03. The summed E-state index contributed by atoms with van der Waals surface area (Å²) >= 11 is 0. The van der Waals surface area contributed by atoms with Gasteiger partial charge >= 0.3 is 11.9 Å². The summed E-state index contributed by atoms with van der Waals surface area (Å²) in [5.41, 5.74) is 8.36. The number of carbonyl (C=O) groups is 2. The van der Waals surface area contributed by atoms with Gasteiger partial charge in [-0.2, -0.15) is 0 Å². The van der Waals surface area contributed by atoms with Crippen molar-refractivity contribution < 1.29 is 19.4 Å². The Labute approximate surface area is 114 Å². The molecule has 0 saturated carbocycles. The summed E-state index contributed by atoms with van der Waals surface area (Å²) in [6.45, 7) is 5.63.